The minimum atomic E-state index is -0.389. The fourth-order valence-electron chi connectivity index (χ4n) is 3.16. The summed E-state index contributed by atoms with van der Waals surface area (Å²) >= 11 is 1.38. The lowest BCUT2D eigenvalue weighted by molar-refractivity contribution is 0.0478. The van der Waals surface area contributed by atoms with Crippen molar-refractivity contribution in [2.24, 2.45) is 0 Å². The molecule has 4 aromatic rings. The van der Waals surface area contributed by atoms with Crippen LogP contribution < -0.4 is 0 Å². The van der Waals surface area contributed by atoms with Crippen LogP contribution >= 0.6 is 11.3 Å². The van der Waals surface area contributed by atoms with Crippen LogP contribution in [0.25, 0.3) is 10.2 Å². The maximum atomic E-state index is 12.6. The Labute approximate surface area is 172 Å². The molecule has 5 nitrogen and oxygen atoms in total. The third-order valence-electron chi connectivity index (χ3n) is 4.76. The number of nitrogens with zero attached hydrogens (tertiary/aromatic N) is 3. The van der Waals surface area contributed by atoms with Crippen LogP contribution in [-0.2, 0) is 17.9 Å². The third kappa shape index (κ3) is 3.91. The molecule has 0 radical (unpaired) electrons. The first-order chi connectivity index (χ1) is 14.0. The van der Waals surface area contributed by atoms with Gasteiger partial charge in [-0.25, -0.2) is 4.79 Å². The highest BCUT2D eigenvalue weighted by molar-refractivity contribution is 7.20. The lowest BCUT2D eigenvalue weighted by Gasteiger charge is -2.05. The molecular formula is C23H19N3O2S. The Hall–Kier alpha value is -3.43. The van der Waals surface area contributed by atoms with Crippen LogP contribution in [-0.4, -0.2) is 15.7 Å². The van der Waals surface area contributed by atoms with Gasteiger partial charge in [0.05, 0.1) is 23.9 Å². The van der Waals surface area contributed by atoms with Crippen molar-refractivity contribution < 1.29 is 9.53 Å². The van der Waals surface area contributed by atoms with Crippen molar-refractivity contribution in [1.29, 1.82) is 5.26 Å². The van der Waals surface area contributed by atoms with E-state index in [0.717, 1.165) is 21.5 Å². The number of aryl methyl sites for hydroxylation is 2. The lowest BCUT2D eigenvalue weighted by Crippen LogP contribution is -2.04. The van der Waals surface area contributed by atoms with E-state index in [1.165, 1.54) is 16.9 Å². The topological polar surface area (TPSA) is 67.9 Å². The van der Waals surface area contributed by atoms with E-state index in [9.17, 15) is 4.79 Å². The first-order valence-electron chi connectivity index (χ1n) is 9.23. The summed E-state index contributed by atoms with van der Waals surface area (Å²) in [7, 11) is 0. The summed E-state index contributed by atoms with van der Waals surface area (Å²) in [4.78, 5) is 14.1. The number of esters is 1. The molecule has 0 aliphatic heterocycles. The predicted octanol–water partition coefficient (Wildman–Crippen LogP) is 4.99. The van der Waals surface area contributed by atoms with Gasteiger partial charge in [-0.05, 0) is 31.5 Å². The number of aromatic nitrogens is 2. The molecular weight excluding hydrogens is 382 g/mol. The van der Waals surface area contributed by atoms with Gasteiger partial charge in [0, 0.05) is 10.9 Å². The summed E-state index contributed by atoms with van der Waals surface area (Å²) in [5.74, 6) is -0.389. The third-order valence-corrected chi connectivity index (χ3v) is 5.89. The van der Waals surface area contributed by atoms with E-state index in [2.05, 4.69) is 42.4 Å². The van der Waals surface area contributed by atoms with Crippen LogP contribution in [0.1, 0.15) is 37.6 Å². The van der Waals surface area contributed by atoms with Crippen LogP contribution in [0.4, 0.5) is 0 Å². The highest BCUT2D eigenvalue weighted by Crippen LogP contribution is 2.29. The summed E-state index contributed by atoms with van der Waals surface area (Å²) in [5, 5.41) is 14.8. The second-order valence-electron chi connectivity index (χ2n) is 6.90. The van der Waals surface area contributed by atoms with E-state index in [1.807, 2.05) is 23.7 Å². The maximum absolute atomic E-state index is 12.6. The number of rotatable bonds is 5. The van der Waals surface area contributed by atoms with Gasteiger partial charge in [0.2, 0.25) is 0 Å². The molecule has 0 aliphatic carbocycles. The number of thiophene rings is 1. The molecule has 0 unspecified atom stereocenters. The Balaban J connectivity index is 1.55. The molecule has 0 saturated heterocycles. The number of fused-ring (bicyclic) bond motifs is 1. The van der Waals surface area contributed by atoms with Crippen LogP contribution in [0.5, 0.6) is 0 Å². The quantitative estimate of drug-likeness (QED) is 0.442. The number of ether oxygens (including phenoxy) is 1. The van der Waals surface area contributed by atoms with Crippen LogP contribution in [0.2, 0.25) is 0 Å². The largest absolute Gasteiger partial charge is 0.457 e. The minimum Gasteiger partial charge on any atom is -0.457 e. The molecule has 144 valence electrons. The first-order valence-corrected chi connectivity index (χ1v) is 10.0. The smallest absolute Gasteiger partial charge is 0.348 e. The van der Waals surface area contributed by atoms with Crippen LogP contribution in [0.3, 0.4) is 0 Å². The second kappa shape index (κ2) is 7.90. The lowest BCUT2D eigenvalue weighted by atomic mass is 10.1. The van der Waals surface area contributed by atoms with Gasteiger partial charge in [0.1, 0.15) is 16.3 Å². The standard InChI is InChI=1S/C23H19N3O2S/c1-15-7-9-17(10-8-15)13-26-22-20(16(2)25-26)11-21(29-22)23(27)28-14-19-6-4-3-5-18(19)12-24/h3-11H,13-14H2,1-2H3. The van der Waals surface area contributed by atoms with Gasteiger partial charge in [-0.2, -0.15) is 10.4 Å². The highest BCUT2D eigenvalue weighted by atomic mass is 32.1. The molecule has 0 atom stereocenters. The van der Waals surface area contributed by atoms with Gasteiger partial charge in [0.15, 0.2) is 0 Å². The maximum Gasteiger partial charge on any atom is 0.348 e. The normalized spacial score (nSPS) is 10.8. The zero-order valence-electron chi connectivity index (χ0n) is 16.2. The van der Waals surface area contributed by atoms with Crippen molar-refractivity contribution in [3.8, 4) is 6.07 Å². The van der Waals surface area contributed by atoms with E-state index in [4.69, 9.17) is 10.00 Å². The summed E-state index contributed by atoms with van der Waals surface area (Å²) in [6, 6.07) is 19.4. The van der Waals surface area contributed by atoms with Crippen LogP contribution in [0.15, 0.2) is 54.6 Å². The zero-order valence-corrected chi connectivity index (χ0v) is 17.0. The van der Waals surface area contributed by atoms with E-state index in [1.54, 1.807) is 18.2 Å². The minimum absolute atomic E-state index is 0.0747. The van der Waals surface area contributed by atoms with Gasteiger partial charge in [-0.1, -0.05) is 48.0 Å². The molecule has 0 aliphatic rings. The molecule has 4 rings (SSSR count). The van der Waals surface area contributed by atoms with Crippen molar-refractivity contribution in [1.82, 2.24) is 9.78 Å². The second-order valence-corrected chi connectivity index (χ2v) is 7.93. The first kappa shape index (κ1) is 18.9. The summed E-state index contributed by atoms with van der Waals surface area (Å²) in [6.45, 7) is 4.73. The molecule has 2 aromatic carbocycles. The van der Waals surface area contributed by atoms with E-state index >= 15 is 0 Å². The number of hydrogen-bond acceptors (Lipinski definition) is 5. The number of benzene rings is 2. The molecule has 2 aromatic heterocycles. The monoisotopic (exact) mass is 401 g/mol. The molecule has 0 spiro atoms. The van der Waals surface area contributed by atoms with Gasteiger partial charge < -0.3 is 4.74 Å². The molecule has 0 N–H and O–H groups in total. The average Bonchev–Trinajstić information content (AvgIpc) is 3.29. The van der Waals surface area contributed by atoms with Crippen molar-refractivity contribution in [3.05, 3.63) is 87.4 Å². The summed E-state index contributed by atoms with van der Waals surface area (Å²) in [6.07, 6.45) is 0. The molecule has 0 bridgehead atoms. The SMILES string of the molecule is Cc1ccc(Cn2nc(C)c3cc(C(=O)OCc4ccccc4C#N)sc32)cc1. The molecule has 2 heterocycles. The summed E-state index contributed by atoms with van der Waals surface area (Å²) in [5.41, 5.74) is 4.48. The Bertz CT molecular complexity index is 1230. The fraction of sp³-hybridized carbons (Fsp3) is 0.174. The van der Waals surface area contributed by atoms with E-state index < -0.39 is 0 Å². The Morgan fingerprint density at radius 3 is 2.69 bits per heavy atom. The van der Waals surface area contributed by atoms with Crippen molar-refractivity contribution in [2.45, 2.75) is 27.0 Å². The number of hydrogen-bond donors (Lipinski definition) is 0. The van der Waals surface area contributed by atoms with E-state index in [-0.39, 0.29) is 12.6 Å². The highest BCUT2D eigenvalue weighted by Gasteiger charge is 2.18. The van der Waals surface area contributed by atoms with Crippen molar-refractivity contribution in [3.63, 3.8) is 0 Å². The molecule has 6 heteroatoms. The molecule has 29 heavy (non-hydrogen) atoms. The number of nitriles is 1. The summed E-state index contributed by atoms with van der Waals surface area (Å²) < 4.78 is 7.39. The Kier molecular flexibility index (Phi) is 5.15. The van der Waals surface area contributed by atoms with Gasteiger partial charge in [-0.15, -0.1) is 11.3 Å². The van der Waals surface area contributed by atoms with Gasteiger partial charge in [-0.3, -0.25) is 4.68 Å². The molecule has 0 amide bonds. The van der Waals surface area contributed by atoms with Crippen molar-refractivity contribution >= 4 is 27.5 Å². The van der Waals surface area contributed by atoms with E-state index in [0.29, 0.717) is 22.5 Å². The average molecular weight is 401 g/mol. The van der Waals surface area contributed by atoms with Crippen molar-refractivity contribution in [2.75, 3.05) is 0 Å². The molecule has 0 saturated carbocycles. The van der Waals surface area contributed by atoms with Crippen LogP contribution in [0, 0.1) is 25.2 Å². The predicted molar refractivity (Wildman–Crippen MR) is 113 cm³/mol. The Morgan fingerprint density at radius 1 is 1.17 bits per heavy atom. The fourth-order valence-corrected chi connectivity index (χ4v) is 4.21. The zero-order chi connectivity index (χ0) is 20.4. The van der Waals surface area contributed by atoms with Gasteiger partial charge in [0.25, 0.3) is 0 Å². The number of carbonyl (C=O) groups is 1. The Morgan fingerprint density at radius 2 is 1.93 bits per heavy atom. The molecule has 0 fully saturated rings. The number of carbonyl (C=O) groups excluding carboxylic acids is 1. The van der Waals surface area contributed by atoms with Gasteiger partial charge >= 0.3 is 5.97 Å².